The number of alkyl halides is 4. The van der Waals surface area contributed by atoms with Gasteiger partial charge < -0.3 is 0 Å². The molecule has 0 radical (unpaired) electrons. The van der Waals surface area contributed by atoms with Crippen LogP contribution in [0, 0.1) is 0 Å². The first-order valence-corrected chi connectivity index (χ1v) is 7.99. The molecule has 1 aromatic heterocycles. The lowest BCUT2D eigenvalue weighted by atomic mass is 10.0. The molecule has 0 fully saturated rings. The molecule has 0 nitrogen and oxygen atoms in total. The van der Waals surface area contributed by atoms with Gasteiger partial charge in [-0.25, -0.2) is 0 Å². The van der Waals surface area contributed by atoms with Gasteiger partial charge >= 0.3 is 6.18 Å². The quantitative estimate of drug-likeness (QED) is 0.525. The summed E-state index contributed by atoms with van der Waals surface area (Å²) in [4.78, 5) is 0.104. The molecular weight excluding hydrogens is 405 g/mol. The molecule has 2 rings (SSSR count). The Morgan fingerprint density at radius 1 is 1.16 bits per heavy atom. The third-order valence-corrected chi connectivity index (χ3v) is 5.02. The molecule has 19 heavy (non-hydrogen) atoms. The van der Waals surface area contributed by atoms with Crippen molar-refractivity contribution in [3.8, 4) is 0 Å². The molecule has 0 aliphatic rings. The predicted molar refractivity (Wildman–Crippen MR) is 78.8 cm³/mol. The number of rotatable bonds is 3. The van der Waals surface area contributed by atoms with Crippen molar-refractivity contribution < 1.29 is 13.2 Å². The minimum atomic E-state index is -4.27. The highest BCUT2D eigenvalue weighted by Crippen LogP contribution is 2.34. The molecule has 1 unspecified atom stereocenters. The predicted octanol–water partition coefficient (Wildman–Crippen LogP) is 6.21. The molecular formula is C13H9Br2F3S. The highest BCUT2D eigenvalue weighted by atomic mass is 79.9. The highest BCUT2D eigenvalue weighted by molar-refractivity contribution is 9.11. The van der Waals surface area contributed by atoms with Crippen LogP contribution < -0.4 is 0 Å². The first-order chi connectivity index (χ1) is 8.86. The molecule has 0 amide bonds. The minimum Gasteiger partial charge on any atom is -0.166 e. The molecule has 1 atom stereocenters. The van der Waals surface area contributed by atoms with Gasteiger partial charge in [-0.3, -0.25) is 0 Å². The van der Waals surface area contributed by atoms with Crippen LogP contribution in [-0.4, -0.2) is 0 Å². The summed E-state index contributed by atoms with van der Waals surface area (Å²) in [6, 6.07) is 7.31. The lowest BCUT2D eigenvalue weighted by molar-refractivity contribution is -0.137. The number of thiophene rings is 1. The third kappa shape index (κ3) is 4.07. The van der Waals surface area contributed by atoms with E-state index in [-0.39, 0.29) is 4.83 Å². The van der Waals surface area contributed by atoms with Crippen LogP contribution in [0.15, 0.2) is 39.5 Å². The smallest absolute Gasteiger partial charge is 0.166 e. The summed E-state index contributed by atoms with van der Waals surface area (Å²) in [5, 5.41) is 2.02. The van der Waals surface area contributed by atoms with Crippen molar-refractivity contribution in [2.45, 2.75) is 17.4 Å². The molecule has 6 heteroatoms. The van der Waals surface area contributed by atoms with Crippen molar-refractivity contribution >= 4 is 43.2 Å². The van der Waals surface area contributed by atoms with Gasteiger partial charge in [0.15, 0.2) is 0 Å². The van der Waals surface area contributed by atoms with E-state index in [0.717, 1.165) is 27.0 Å². The molecule has 1 heterocycles. The van der Waals surface area contributed by atoms with E-state index in [1.165, 1.54) is 12.1 Å². The van der Waals surface area contributed by atoms with E-state index in [1.54, 1.807) is 11.3 Å². The fourth-order valence-electron chi connectivity index (χ4n) is 1.64. The fourth-order valence-corrected chi connectivity index (χ4v) is 3.69. The molecule has 1 aromatic carbocycles. The van der Waals surface area contributed by atoms with Crippen LogP contribution in [0.4, 0.5) is 13.2 Å². The number of benzene rings is 1. The van der Waals surface area contributed by atoms with Crippen LogP contribution in [0.3, 0.4) is 0 Å². The Labute approximate surface area is 129 Å². The van der Waals surface area contributed by atoms with Crippen LogP contribution in [0.1, 0.15) is 21.5 Å². The maximum atomic E-state index is 12.4. The molecule has 0 aliphatic carbocycles. The molecule has 0 N–H and O–H groups in total. The average molecular weight is 414 g/mol. The normalized spacial score (nSPS) is 13.5. The zero-order chi connectivity index (χ0) is 14.0. The second-order valence-corrected chi connectivity index (χ2v) is 7.45. The Kier molecular flexibility index (Phi) is 4.74. The van der Waals surface area contributed by atoms with Crippen molar-refractivity contribution in [1.29, 1.82) is 0 Å². The van der Waals surface area contributed by atoms with Gasteiger partial charge in [-0.05, 0) is 57.1 Å². The van der Waals surface area contributed by atoms with Gasteiger partial charge in [0.1, 0.15) is 0 Å². The summed E-state index contributed by atoms with van der Waals surface area (Å²) >= 11 is 8.53. The van der Waals surface area contributed by atoms with E-state index in [1.807, 2.05) is 11.4 Å². The van der Waals surface area contributed by atoms with Crippen molar-refractivity contribution in [1.82, 2.24) is 0 Å². The monoisotopic (exact) mass is 412 g/mol. The standard InChI is InChI=1S/C13H9Br2F3S/c14-11(9-6-12(15)19-7-9)5-8-1-3-10(4-2-8)13(16,17)18/h1-4,6-7,11H,5H2. The van der Waals surface area contributed by atoms with E-state index in [2.05, 4.69) is 31.9 Å². The summed E-state index contributed by atoms with van der Waals surface area (Å²) in [5.74, 6) is 0. The summed E-state index contributed by atoms with van der Waals surface area (Å²) in [6.07, 6.45) is -3.62. The first kappa shape index (κ1) is 15.1. The van der Waals surface area contributed by atoms with Gasteiger partial charge in [0.2, 0.25) is 0 Å². The number of hydrogen-bond acceptors (Lipinski definition) is 1. The van der Waals surface area contributed by atoms with Crippen LogP contribution in [0.5, 0.6) is 0 Å². The molecule has 2 aromatic rings. The Morgan fingerprint density at radius 3 is 2.26 bits per heavy atom. The van der Waals surface area contributed by atoms with Crippen molar-refractivity contribution in [2.24, 2.45) is 0 Å². The molecule has 0 saturated heterocycles. The summed E-state index contributed by atoms with van der Waals surface area (Å²) in [6.45, 7) is 0. The maximum Gasteiger partial charge on any atom is 0.416 e. The zero-order valence-electron chi connectivity index (χ0n) is 9.55. The maximum absolute atomic E-state index is 12.4. The van der Waals surface area contributed by atoms with Crippen LogP contribution in [0.25, 0.3) is 0 Å². The van der Waals surface area contributed by atoms with Crippen LogP contribution >= 0.6 is 43.2 Å². The van der Waals surface area contributed by atoms with E-state index >= 15 is 0 Å². The molecule has 0 spiro atoms. The lowest BCUT2D eigenvalue weighted by Gasteiger charge is -2.10. The zero-order valence-corrected chi connectivity index (χ0v) is 13.5. The van der Waals surface area contributed by atoms with E-state index in [0.29, 0.717) is 6.42 Å². The number of halogens is 5. The first-order valence-electron chi connectivity index (χ1n) is 5.40. The molecule has 0 saturated carbocycles. The number of hydrogen-bond donors (Lipinski definition) is 0. The lowest BCUT2D eigenvalue weighted by Crippen LogP contribution is -2.04. The molecule has 0 bridgehead atoms. The average Bonchev–Trinajstić information content (AvgIpc) is 2.75. The largest absolute Gasteiger partial charge is 0.416 e. The second-order valence-electron chi connectivity index (χ2n) is 4.05. The summed E-state index contributed by atoms with van der Waals surface area (Å²) < 4.78 is 38.4. The molecule has 0 aliphatic heterocycles. The minimum absolute atomic E-state index is 0.104. The summed E-state index contributed by atoms with van der Waals surface area (Å²) in [5.41, 5.74) is 1.38. The second kappa shape index (κ2) is 5.97. The van der Waals surface area contributed by atoms with Gasteiger partial charge in [0.05, 0.1) is 9.35 Å². The summed E-state index contributed by atoms with van der Waals surface area (Å²) in [7, 11) is 0. The van der Waals surface area contributed by atoms with Crippen molar-refractivity contribution in [2.75, 3.05) is 0 Å². The van der Waals surface area contributed by atoms with E-state index in [9.17, 15) is 13.2 Å². The van der Waals surface area contributed by atoms with Gasteiger partial charge in [-0.1, -0.05) is 28.1 Å². The van der Waals surface area contributed by atoms with Gasteiger partial charge in [-0.2, -0.15) is 13.2 Å². The highest BCUT2D eigenvalue weighted by Gasteiger charge is 2.29. The van der Waals surface area contributed by atoms with Crippen molar-refractivity contribution in [3.05, 3.63) is 56.2 Å². The van der Waals surface area contributed by atoms with Gasteiger partial charge in [-0.15, -0.1) is 11.3 Å². The Morgan fingerprint density at radius 2 is 1.79 bits per heavy atom. The third-order valence-electron chi connectivity index (χ3n) is 2.65. The van der Waals surface area contributed by atoms with Crippen molar-refractivity contribution in [3.63, 3.8) is 0 Å². The Balaban J connectivity index is 2.07. The SMILES string of the molecule is FC(F)(F)c1ccc(CC(Br)c2csc(Br)c2)cc1. The Bertz CT molecular complexity index is 546. The van der Waals surface area contributed by atoms with E-state index in [4.69, 9.17) is 0 Å². The molecule has 102 valence electrons. The van der Waals surface area contributed by atoms with E-state index < -0.39 is 11.7 Å². The Hall–Kier alpha value is -0.330. The fraction of sp³-hybridized carbons (Fsp3) is 0.231. The van der Waals surface area contributed by atoms with Crippen LogP contribution in [0.2, 0.25) is 0 Å². The van der Waals surface area contributed by atoms with Gasteiger partial charge in [0.25, 0.3) is 0 Å². The van der Waals surface area contributed by atoms with Gasteiger partial charge in [0, 0.05) is 4.83 Å². The topological polar surface area (TPSA) is 0 Å². The van der Waals surface area contributed by atoms with Crippen LogP contribution in [-0.2, 0) is 12.6 Å².